The van der Waals surface area contributed by atoms with Gasteiger partial charge in [-0.3, -0.25) is 4.79 Å². The normalized spacial score (nSPS) is 12.7. The molecule has 1 atom stereocenters. The van der Waals surface area contributed by atoms with E-state index < -0.39 is 0 Å². The number of nitrogens with two attached hydrogens (primary N) is 1. The summed E-state index contributed by atoms with van der Waals surface area (Å²) < 4.78 is 1.85. The molecule has 1 rings (SSSR count). The van der Waals surface area contributed by atoms with Crippen molar-refractivity contribution in [2.24, 2.45) is 12.8 Å². The molecule has 6 heteroatoms. The third kappa shape index (κ3) is 3.32. The number of nitrogens with one attached hydrogen (secondary N) is 1. The first-order valence-corrected chi connectivity index (χ1v) is 5.00. The lowest BCUT2D eigenvalue weighted by molar-refractivity contribution is -0.120. The first-order chi connectivity index (χ1) is 7.15. The summed E-state index contributed by atoms with van der Waals surface area (Å²) in [6, 6.07) is -0.252. The molecule has 1 unspecified atom stereocenters. The lowest BCUT2D eigenvalue weighted by Crippen LogP contribution is -2.41. The summed E-state index contributed by atoms with van der Waals surface area (Å²) in [6.07, 6.45) is 3.09. The Morgan fingerprint density at radius 1 is 1.73 bits per heavy atom. The van der Waals surface area contributed by atoms with E-state index in [-0.39, 0.29) is 11.9 Å². The highest BCUT2D eigenvalue weighted by atomic mass is 16.1. The second kappa shape index (κ2) is 5.45. The number of carbonyl (C=O) groups excluding carboxylic acids is 1. The second-order valence-electron chi connectivity index (χ2n) is 3.43. The third-order valence-electron chi connectivity index (χ3n) is 2.30. The lowest BCUT2D eigenvalue weighted by Gasteiger charge is -2.12. The molecule has 0 aliphatic heterocycles. The Balaban J connectivity index is 2.33. The minimum atomic E-state index is -0.310. The number of nitrogens with zero attached hydrogens (tertiary/aromatic N) is 3. The van der Waals surface area contributed by atoms with Gasteiger partial charge in [-0.05, 0) is 6.42 Å². The van der Waals surface area contributed by atoms with Crippen molar-refractivity contribution in [3.63, 3.8) is 0 Å². The van der Waals surface area contributed by atoms with Crippen LogP contribution in [0, 0.1) is 0 Å². The number of hydrogen-bond donors (Lipinski definition) is 2. The van der Waals surface area contributed by atoms with Gasteiger partial charge in [-0.1, -0.05) is 6.92 Å². The highest BCUT2D eigenvalue weighted by molar-refractivity contribution is 5.79. The van der Waals surface area contributed by atoms with Gasteiger partial charge in [0.15, 0.2) is 0 Å². The van der Waals surface area contributed by atoms with Crippen molar-refractivity contribution in [1.82, 2.24) is 20.1 Å². The Bertz CT molecular complexity index is 322. The van der Waals surface area contributed by atoms with E-state index in [0.29, 0.717) is 13.0 Å². The number of aryl methyl sites for hydroxylation is 1. The van der Waals surface area contributed by atoms with E-state index in [4.69, 9.17) is 5.73 Å². The van der Waals surface area contributed by atoms with Crippen molar-refractivity contribution in [3.8, 4) is 0 Å². The number of hydrogen-bond acceptors (Lipinski definition) is 4. The molecule has 6 nitrogen and oxygen atoms in total. The highest BCUT2D eigenvalue weighted by Gasteiger charge is 2.11. The molecule has 0 saturated carbocycles. The fourth-order valence-electron chi connectivity index (χ4n) is 1.34. The number of rotatable bonds is 6. The Morgan fingerprint density at radius 3 is 2.93 bits per heavy atom. The Morgan fingerprint density at radius 2 is 2.47 bits per heavy atom. The van der Waals surface area contributed by atoms with Gasteiger partial charge in [0, 0.05) is 20.0 Å². The second-order valence-corrected chi connectivity index (χ2v) is 3.43. The largest absolute Gasteiger partial charge is 0.368 e. The Hall–Kier alpha value is -1.43. The van der Waals surface area contributed by atoms with Crippen LogP contribution in [-0.2, 0) is 18.3 Å². The van der Waals surface area contributed by atoms with E-state index in [1.165, 1.54) is 0 Å². The number of aromatic nitrogens is 3. The Labute approximate surface area is 88.9 Å². The maximum absolute atomic E-state index is 10.9. The molecule has 0 aliphatic carbocycles. The summed E-state index contributed by atoms with van der Waals surface area (Å²) in [6.45, 7) is 2.60. The van der Waals surface area contributed by atoms with E-state index >= 15 is 0 Å². The monoisotopic (exact) mass is 211 g/mol. The molecule has 1 amide bonds. The van der Waals surface area contributed by atoms with Crippen LogP contribution < -0.4 is 11.1 Å². The van der Waals surface area contributed by atoms with Crippen LogP contribution in [0.15, 0.2) is 6.33 Å². The van der Waals surface area contributed by atoms with Gasteiger partial charge in [-0.2, -0.15) is 0 Å². The zero-order valence-electron chi connectivity index (χ0n) is 9.10. The van der Waals surface area contributed by atoms with Gasteiger partial charge in [0.1, 0.15) is 12.2 Å². The average molecular weight is 211 g/mol. The van der Waals surface area contributed by atoms with Crippen molar-refractivity contribution in [2.75, 3.05) is 6.54 Å². The molecule has 1 heterocycles. The maximum atomic E-state index is 10.9. The smallest absolute Gasteiger partial charge is 0.234 e. The van der Waals surface area contributed by atoms with Gasteiger partial charge in [-0.25, -0.2) is 0 Å². The van der Waals surface area contributed by atoms with Crippen LogP contribution in [0.4, 0.5) is 0 Å². The van der Waals surface area contributed by atoms with Crippen LogP contribution >= 0.6 is 0 Å². The van der Waals surface area contributed by atoms with E-state index in [1.54, 1.807) is 6.33 Å². The standard InChI is InChI=1S/C9H17N5O/c1-3-7(9(10)15)11-5-4-8-13-12-6-14(8)2/h6-7,11H,3-5H2,1-2H3,(H2,10,15). The van der Waals surface area contributed by atoms with Crippen LogP contribution in [0.1, 0.15) is 19.2 Å². The summed E-state index contributed by atoms with van der Waals surface area (Å²) in [7, 11) is 1.89. The molecule has 0 fully saturated rings. The fraction of sp³-hybridized carbons (Fsp3) is 0.667. The molecule has 84 valence electrons. The summed E-state index contributed by atoms with van der Waals surface area (Å²) in [4.78, 5) is 10.9. The van der Waals surface area contributed by atoms with Crippen LogP contribution in [0.5, 0.6) is 0 Å². The summed E-state index contributed by atoms with van der Waals surface area (Å²) in [5.41, 5.74) is 5.20. The quantitative estimate of drug-likeness (QED) is 0.645. The zero-order valence-corrected chi connectivity index (χ0v) is 9.10. The predicted molar refractivity (Wildman–Crippen MR) is 56.0 cm³/mol. The fourth-order valence-corrected chi connectivity index (χ4v) is 1.34. The molecule has 0 aromatic carbocycles. The van der Waals surface area contributed by atoms with E-state index in [1.807, 2.05) is 18.5 Å². The number of amides is 1. The van der Waals surface area contributed by atoms with Gasteiger partial charge in [0.25, 0.3) is 0 Å². The molecule has 3 N–H and O–H groups in total. The van der Waals surface area contributed by atoms with Crippen LogP contribution in [0.2, 0.25) is 0 Å². The number of carbonyl (C=O) groups is 1. The van der Waals surface area contributed by atoms with Crippen molar-refractivity contribution >= 4 is 5.91 Å². The molecule has 15 heavy (non-hydrogen) atoms. The van der Waals surface area contributed by atoms with E-state index in [2.05, 4.69) is 15.5 Å². The lowest BCUT2D eigenvalue weighted by atomic mass is 10.2. The van der Waals surface area contributed by atoms with Crippen molar-refractivity contribution in [1.29, 1.82) is 0 Å². The van der Waals surface area contributed by atoms with E-state index in [9.17, 15) is 4.79 Å². The predicted octanol–water partition coefficient (Wildman–Crippen LogP) is -0.789. The average Bonchev–Trinajstić information content (AvgIpc) is 2.58. The van der Waals surface area contributed by atoms with Gasteiger partial charge < -0.3 is 15.6 Å². The molecular formula is C9H17N5O. The van der Waals surface area contributed by atoms with Gasteiger partial charge in [0.2, 0.25) is 5.91 Å². The molecular weight excluding hydrogens is 194 g/mol. The molecule has 1 aromatic heterocycles. The summed E-state index contributed by atoms with van der Waals surface area (Å²) in [5, 5.41) is 10.8. The molecule has 0 bridgehead atoms. The van der Waals surface area contributed by atoms with Crippen molar-refractivity contribution in [2.45, 2.75) is 25.8 Å². The van der Waals surface area contributed by atoms with Crippen molar-refractivity contribution in [3.05, 3.63) is 12.2 Å². The SMILES string of the molecule is CCC(NCCc1nncn1C)C(N)=O. The molecule has 0 saturated heterocycles. The van der Waals surface area contributed by atoms with Crippen LogP contribution in [0.25, 0.3) is 0 Å². The summed E-state index contributed by atoms with van der Waals surface area (Å²) >= 11 is 0. The van der Waals surface area contributed by atoms with Crippen LogP contribution in [0.3, 0.4) is 0 Å². The van der Waals surface area contributed by atoms with Crippen molar-refractivity contribution < 1.29 is 4.79 Å². The zero-order chi connectivity index (χ0) is 11.3. The topological polar surface area (TPSA) is 85.8 Å². The van der Waals surface area contributed by atoms with Gasteiger partial charge in [0.05, 0.1) is 6.04 Å². The van der Waals surface area contributed by atoms with Gasteiger partial charge >= 0.3 is 0 Å². The maximum Gasteiger partial charge on any atom is 0.234 e. The first kappa shape index (κ1) is 11.6. The third-order valence-corrected chi connectivity index (χ3v) is 2.30. The molecule has 0 radical (unpaired) electrons. The van der Waals surface area contributed by atoms with Crippen LogP contribution in [-0.4, -0.2) is 33.3 Å². The molecule has 0 spiro atoms. The highest BCUT2D eigenvalue weighted by Crippen LogP contribution is 1.93. The first-order valence-electron chi connectivity index (χ1n) is 5.00. The number of primary amides is 1. The van der Waals surface area contributed by atoms with Gasteiger partial charge in [-0.15, -0.1) is 10.2 Å². The molecule has 1 aromatic rings. The molecule has 0 aliphatic rings. The summed E-state index contributed by atoms with van der Waals surface area (Å²) in [5.74, 6) is 0.581. The Kier molecular flexibility index (Phi) is 4.23. The van der Waals surface area contributed by atoms with E-state index in [0.717, 1.165) is 12.2 Å². The minimum Gasteiger partial charge on any atom is -0.368 e. The minimum absolute atomic E-state index is 0.252.